The van der Waals surface area contributed by atoms with Crippen molar-refractivity contribution in [3.63, 3.8) is 0 Å². The van der Waals surface area contributed by atoms with Crippen molar-refractivity contribution < 1.29 is 19.7 Å². The van der Waals surface area contributed by atoms with E-state index in [1.165, 1.54) is 0 Å². The van der Waals surface area contributed by atoms with Gasteiger partial charge in [0.15, 0.2) is 0 Å². The van der Waals surface area contributed by atoms with Crippen LogP contribution in [0.15, 0.2) is 24.3 Å². The van der Waals surface area contributed by atoms with E-state index in [1.807, 2.05) is 29.2 Å². The molecule has 134 valence electrons. The first-order valence-corrected chi connectivity index (χ1v) is 8.83. The number of benzene rings is 1. The number of hydrogen-bond donors (Lipinski definition) is 2. The van der Waals surface area contributed by atoms with Gasteiger partial charge in [-0.05, 0) is 24.3 Å². The normalized spacial score (nSPS) is 17.7. The smallest absolute Gasteiger partial charge is 0.253 e. The van der Waals surface area contributed by atoms with Gasteiger partial charge in [-0.3, -0.25) is 4.79 Å². The molecule has 2 N–H and O–H groups in total. The number of halogens is 2. The number of anilines is 2. The maximum absolute atomic E-state index is 11.9. The van der Waals surface area contributed by atoms with E-state index in [4.69, 9.17) is 27.9 Å². The first-order chi connectivity index (χ1) is 11.5. The number of alkyl halides is 2. The van der Waals surface area contributed by atoms with Crippen LogP contribution >= 0.6 is 23.2 Å². The van der Waals surface area contributed by atoms with Crippen LogP contribution in [0.4, 0.5) is 11.4 Å². The van der Waals surface area contributed by atoms with Crippen LogP contribution in [0.2, 0.25) is 0 Å². The molecular weight excluding hydrogens is 355 g/mol. The van der Waals surface area contributed by atoms with Crippen molar-refractivity contribution in [1.29, 1.82) is 0 Å². The number of aliphatic hydroxyl groups excluding tert-OH is 2. The summed E-state index contributed by atoms with van der Waals surface area (Å²) in [5, 5.41) is 19.6. The molecular formula is C16H22Cl2N2O4. The van der Waals surface area contributed by atoms with Crippen molar-refractivity contribution in [2.45, 2.75) is 12.2 Å². The molecule has 8 heteroatoms. The summed E-state index contributed by atoms with van der Waals surface area (Å²) in [7, 11) is 0. The minimum atomic E-state index is -0.713. The van der Waals surface area contributed by atoms with Crippen LogP contribution in [0.5, 0.6) is 0 Å². The highest BCUT2D eigenvalue weighted by Gasteiger charge is 2.21. The molecule has 0 spiro atoms. The number of hydrogen-bond acceptors (Lipinski definition) is 5. The van der Waals surface area contributed by atoms with E-state index in [0.29, 0.717) is 13.2 Å². The zero-order valence-corrected chi connectivity index (χ0v) is 14.8. The second-order valence-corrected chi connectivity index (χ2v) is 6.25. The van der Waals surface area contributed by atoms with Crippen LogP contribution in [0, 0.1) is 0 Å². The van der Waals surface area contributed by atoms with Crippen molar-refractivity contribution in [2.24, 2.45) is 0 Å². The highest BCUT2D eigenvalue weighted by Crippen LogP contribution is 2.23. The molecule has 2 atom stereocenters. The van der Waals surface area contributed by atoms with Gasteiger partial charge in [-0.2, -0.15) is 0 Å². The number of carbonyl (C=O) groups is 1. The van der Waals surface area contributed by atoms with E-state index in [1.54, 1.807) is 4.90 Å². The lowest BCUT2D eigenvalue weighted by atomic mass is 10.2. The van der Waals surface area contributed by atoms with Gasteiger partial charge < -0.3 is 24.7 Å². The number of nitrogens with zero attached hydrogens (tertiary/aromatic N) is 2. The van der Waals surface area contributed by atoms with Gasteiger partial charge in [0.25, 0.3) is 5.91 Å². The van der Waals surface area contributed by atoms with E-state index < -0.39 is 12.2 Å². The lowest BCUT2D eigenvalue weighted by Crippen LogP contribution is -2.41. The summed E-state index contributed by atoms with van der Waals surface area (Å²) in [5.74, 6) is 0.141. The fourth-order valence-electron chi connectivity index (χ4n) is 2.53. The topological polar surface area (TPSA) is 73.2 Å². The summed E-state index contributed by atoms with van der Waals surface area (Å²) in [6.07, 6.45) is -1.43. The lowest BCUT2D eigenvalue weighted by Gasteiger charge is -2.30. The first kappa shape index (κ1) is 19.3. The molecule has 1 amide bonds. The lowest BCUT2D eigenvalue weighted by molar-refractivity contribution is -0.125. The number of morpholine rings is 1. The highest BCUT2D eigenvalue weighted by atomic mass is 35.5. The summed E-state index contributed by atoms with van der Waals surface area (Å²) in [6.45, 7) is 1.71. The molecule has 0 saturated carbocycles. The second kappa shape index (κ2) is 9.44. The summed E-state index contributed by atoms with van der Waals surface area (Å²) in [6, 6.07) is 7.37. The third-order valence-corrected chi connectivity index (χ3v) is 4.44. The Bertz CT molecular complexity index is 517. The van der Waals surface area contributed by atoms with Crippen LogP contribution in [-0.4, -0.2) is 72.9 Å². The average molecular weight is 377 g/mol. The van der Waals surface area contributed by atoms with E-state index in [2.05, 4.69) is 0 Å². The molecule has 1 aliphatic rings. The molecule has 1 aromatic carbocycles. The van der Waals surface area contributed by atoms with E-state index >= 15 is 0 Å². The largest absolute Gasteiger partial charge is 0.390 e. The Morgan fingerprint density at radius 3 is 2.21 bits per heavy atom. The monoisotopic (exact) mass is 376 g/mol. The Morgan fingerprint density at radius 1 is 1.12 bits per heavy atom. The zero-order chi connectivity index (χ0) is 17.5. The number of aliphatic hydroxyl groups is 2. The number of carbonyl (C=O) groups excluding carboxylic acids is 1. The van der Waals surface area contributed by atoms with Gasteiger partial charge >= 0.3 is 0 Å². The van der Waals surface area contributed by atoms with Gasteiger partial charge in [-0.15, -0.1) is 23.2 Å². The maximum Gasteiger partial charge on any atom is 0.253 e. The van der Waals surface area contributed by atoms with Crippen molar-refractivity contribution in [3.05, 3.63) is 24.3 Å². The Labute approximate surface area is 151 Å². The van der Waals surface area contributed by atoms with Gasteiger partial charge in [0, 0.05) is 31.0 Å². The average Bonchev–Trinajstić information content (AvgIpc) is 2.61. The van der Waals surface area contributed by atoms with Crippen LogP contribution < -0.4 is 9.80 Å². The summed E-state index contributed by atoms with van der Waals surface area (Å²) >= 11 is 11.4. The summed E-state index contributed by atoms with van der Waals surface area (Å²) in [4.78, 5) is 15.4. The van der Waals surface area contributed by atoms with Crippen LogP contribution in [0.1, 0.15) is 0 Å². The fourth-order valence-corrected chi connectivity index (χ4v) is 2.72. The number of amides is 1. The Morgan fingerprint density at radius 2 is 1.71 bits per heavy atom. The molecule has 0 aromatic heterocycles. The van der Waals surface area contributed by atoms with E-state index in [9.17, 15) is 15.0 Å². The van der Waals surface area contributed by atoms with Crippen molar-refractivity contribution in [1.82, 2.24) is 0 Å². The second-order valence-electron chi connectivity index (χ2n) is 5.64. The Kier molecular flexibility index (Phi) is 7.58. The molecule has 1 fully saturated rings. The predicted molar refractivity (Wildman–Crippen MR) is 95.3 cm³/mol. The zero-order valence-electron chi connectivity index (χ0n) is 13.3. The van der Waals surface area contributed by atoms with Crippen LogP contribution in [0.25, 0.3) is 0 Å². The third-order valence-electron chi connectivity index (χ3n) is 3.73. The van der Waals surface area contributed by atoms with Gasteiger partial charge in [0.1, 0.15) is 6.61 Å². The molecule has 2 rings (SSSR count). The van der Waals surface area contributed by atoms with Crippen molar-refractivity contribution >= 4 is 40.5 Å². The molecule has 1 heterocycles. The fraction of sp³-hybridized carbons (Fsp3) is 0.562. The van der Waals surface area contributed by atoms with E-state index in [-0.39, 0.29) is 37.4 Å². The molecule has 0 unspecified atom stereocenters. The SMILES string of the molecule is O=C1COCCN1c1ccc(N(C[C@@H](O)CCl)C[C@@H](O)CCl)cc1. The molecule has 1 saturated heterocycles. The van der Waals surface area contributed by atoms with Crippen LogP contribution in [-0.2, 0) is 9.53 Å². The molecule has 0 radical (unpaired) electrons. The number of ether oxygens (including phenoxy) is 1. The quantitative estimate of drug-likeness (QED) is 0.663. The summed E-state index contributed by atoms with van der Waals surface area (Å²) in [5.41, 5.74) is 1.61. The number of rotatable bonds is 8. The minimum Gasteiger partial charge on any atom is -0.390 e. The van der Waals surface area contributed by atoms with Gasteiger partial charge in [-0.1, -0.05) is 0 Å². The minimum absolute atomic E-state index is 0.0685. The Hall–Kier alpha value is -1.05. The molecule has 0 bridgehead atoms. The molecule has 0 aliphatic carbocycles. The van der Waals surface area contributed by atoms with E-state index in [0.717, 1.165) is 11.4 Å². The van der Waals surface area contributed by atoms with Gasteiger partial charge in [0.05, 0.1) is 30.6 Å². The maximum atomic E-state index is 11.9. The molecule has 6 nitrogen and oxygen atoms in total. The van der Waals surface area contributed by atoms with Gasteiger partial charge in [-0.25, -0.2) is 0 Å². The van der Waals surface area contributed by atoms with Crippen LogP contribution in [0.3, 0.4) is 0 Å². The van der Waals surface area contributed by atoms with Crippen molar-refractivity contribution in [3.8, 4) is 0 Å². The third kappa shape index (κ3) is 5.22. The molecule has 1 aromatic rings. The summed E-state index contributed by atoms with van der Waals surface area (Å²) < 4.78 is 5.13. The molecule has 1 aliphatic heterocycles. The standard InChI is InChI=1S/C16H22Cl2N2O4/c17-7-14(21)9-19(10-15(22)8-18)12-1-3-13(4-2-12)20-5-6-24-11-16(20)23/h1-4,14-15,21-22H,5-11H2/t14-,15-/m0/s1. The highest BCUT2D eigenvalue weighted by molar-refractivity contribution is 6.18. The Balaban J connectivity index is 2.12. The van der Waals surface area contributed by atoms with Crippen molar-refractivity contribution in [2.75, 3.05) is 54.4 Å². The first-order valence-electron chi connectivity index (χ1n) is 7.76. The van der Waals surface area contributed by atoms with Gasteiger partial charge in [0.2, 0.25) is 0 Å². The molecule has 24 heavy (non-hydrogen) atoms. The predicted octanol–water partition coefficient (Wildman–Crippen LogP) is 1.06.